The molecule has 122 valence electrons. The Bertz CT molecular complexity index is 800. The quantitative estimate of drug-likeness (QED) is 0.221. The van der Waals surface area contributed by atoms with Crippen LogP contribution >= 0.6 is 0 Å². The maximum absolute atomic E-state index is 11.9. The van der Waals surface area contributed by atoms with Gasteiger partial charge in [0.1, 0.15) is 5.76 Å². The first-order chi connectivity index (χ1) is 11.5. The van der Waals surface area contributed by atoms with Crippen molar-refractivity contribution in [3.05, 3.63) is 71.8 Å². The van der Waals surface area contributed by atoms with Gasteiger partial charge < -0.3 is 10.8 Å². The molecular formula is C17H15N3O4. The number of para-hydroxylation sites is 1. The summed E-state index contributed by atoms with van der Waals surface area (Å²) in [5.41, 5.74) is 10.5. The molecule has 0 aliphatic heterocycles. The van der Waals surface area contributed by atoms with Crippen LogP contribution in [0.1, 0.15) is 15.9 Å². The molecule has 0 fully saturated rings. The van der Waals surface area contributed by atoms with Gasteiger partial charge in [0, 0.05) is 17.3 Å². The average molecular weight is 325 g/mol. The Morgan fingerprint density at radius 2 is 1.54 bits per heavy atom. The first-order valence-electron chi connectivity index (χ1n) is 6.94. The Balaban J connectivity index is 1.96. The van der Waals surface area contributed by atoms with Gasteiger partial charge in [-0.25, -0.2) is 0 Å². The van der Waals surface area contributed by atoms with E-state index in [9.17, 15) is 19.5 Å². The summed E-state index contributed by atoms with van der Waals surface area (Å²) < 4.78 is 0. The predicted molar refractivity (Wildman–Crippen MR) is 88.5 cm³/mol. The zero-order valence-electron chi connectivity index (χ0n) is 12.5. The molecule has 0 saturated carbocycles. The maximum Gasteiger partial charge on any atom is 0.310 e. The topological polar surface area (TPSA) is 122 Å². The molecule has 0 aliphatic rings. The van der Waals surface area contributed by atoms with Gasteiger partial charge in [-0.3, -0.25) is 25.2 Å². The van der Waals surface area contributed by atoms with E-state index in [1.54, 1.807) is 42.5 Å². The minimum absolute atomic E-state index is 0.160. The van der Waals surface area contributed by atoms with Gasteiger partial charge in [0.05, 0.1) is 5.56 Å². The van der Waals surface area contributed by atoms with Gasteiger partial charge in [0.2, 0.25) is 5.78 Å². The van der Waals surface area contributed by atoms with Gasteiger partial charge in [0.15, 0.2) is 0 Å². The van der Waals surface area contributed by atoms with Crippen LogP contribution in [0, 0.1) is 0 Å². The summed E-state index contributed by atoms with van der Waals surface area (Å²) in [6.07, 6.45) is 0.772. The molecule has 7 heteroatoms. The third-order valence-electron chi connectivity index (χ3n) is 3.06. The lowest BCUT2D eigenvalue weighted by atomic mass is 10.1. The molecule has 24 heavy (non-hydrogen) atoms. The summed E-state index contributed by atoms with van der Waals surface area (Å²) in [5, 5.41) is 9.79. The Kier molecular flexibility index (Phi) is 5.30. The summed E-state index contributed by atoms with van der Waals surface area (Å²) >= 11 is 0. The predicted octanol–water partition coefficient (Wildman–Crippen LogP) is 1.20. The summed E-state index contributed by atoms with van der Waals surface area (Å²) in [6.45, 7) is 0. The first-order valence-corrected chi connectivity index (χ1v) is 6.94. The summed E-state index contributed by atoms with van der Waals surface area (Å²) in [7, 11) is 0. The zero-order chi connectivity index (χ0) is 17.5. The smallest absolute Gasteiger partial charge is 0.310 e. The van der Waals surface area contributed by atoms with Crippen molar-refractivity contribution in [3.63, 3.8) is 0 Å². The molecule has 0 saturated heterocycles. The number of nitrogens with one attached hydrogen (secondary N) is 2. The highest BCUT2D eigenvalue weighted by molar-refractivity contribution is 6.41. The molecule has 0 bridgehead atoms. The number of hydrogen-bond donors (Lipinski definition) is 4. The molecule has 2 aromatic carbocycles. The van der Waals surface area contributed by atoms with Gasteiger partial charge in [-0.15, -0.1) is 0 Å². The van der Waals surface area contributed by atoms with E-state index in [2.05, 4.69) is 5.43 Å². The number of anilines is 1. The number of nitrogens with two attached hydrogens (primary N) is 1. The molecule has 0 atom stereocenters. The molecule has 2 aromatic rings. The van der Waals surface area contributed by atoms with E-state index in [1.165, 1.54) is 12.1 Å². The number of aliphatic hydroxyl groups excluding tert-OH is 1. The molecule has 2 rings (SSSR count). The lowest BCUT2D eigenvalue weighted by Gasteiger charge is -2.07. The second kappa shape index (κ2) is 7.59. The van der Waals surface area contributed by atoms with Crippen LogP contribution in [0.15, 0.2) is 60.7 Å². The van der Waals surface area contributed by atoms with E-state index >= 15 is 0 Å². The summed E-state index contributed by atoms with van der Waals surface area (Å²) in [6, 6.07) is 14.5. The van der Waals surface area contributed by atoms with Crippen LogP contribution in [0.4, 0.5) is 5.69 Å². The lowest BCUT2D eigenvalue weighted by Crippen LogP contribution is -2.44. The van der Waals surface area contributed by atoms with Crippen molar-refractivity contribution in [2.45, 2.75) is 0 Å². The number of amides is 2. The molecule has 0 aliphatic carbocycles. The van der Waals surface area contributed by atoms with Crippen LogP contribution in [-0.2, 0) is 9.59 Å². The van der Waals surface area contributed by atoms with E-state index in [-0.39, 0.29) is 17.0 Å². The van der Waals surface area contributed by atoms with Gasteiger partial charge in [-0.05, 0) is 12.1 Å². The molecular weight excluding hydrogens is 310 g/mol. The summed E-state index contributed by atoms with van der Waals surface area (Å²) in [4.78, 5) is 35.2. The number of carbonyl (C=O) groups is 3. The fraction of sp³-hybridized carbons (Fsp3) is 0. The van der Waals surface area contributed by atoms with E-state index in [0.29, 0.717) is 5.56 Å². The molecule has 2 amide bonds. The molecule has 5 N–H and O–H groups in total. The van der Waals surface area contributed by atoms with Crippen molar-refractivity contribution in [2.75, 3.05) is 5.73 Å². The van der Waals surface area contributed by atoms with Crippen molar-refractivity contribution < 1.29 is 19.5 Å². The SMILES string of the molecule is Nc1ccccc1C(=O)NNC(=O)C(=O)/C=C(\O)c1ccccc1. The number of aliphatic hydroxyl groups is 1. The second-order valence-electron chi connectivity index (χ2n) is 4.76. The van der Waals surface area contributed by atoms with Crippen molar-refractivity contribution in [2.24, 2.45) is 0 Å². The number of ketones is 1. The third-order valence-corrected chi connectivity index (χ3v) is 3.06. The fourth-order valence-electron chi connectivity index (χ4n) is 1.83. The van der Waals surface area contributed by atoms with Crippen molar-refractivity contribution in [3.8, 4) is 0 Å². The number of rotatable bonds is 4. The number of benzene rings is 2. The van der Waals surface area contributed by atoms with Gasteiger partial charge in [0.25, 0.3) is 5.91 Å². The number of carbonyl (C=O) groups excluding carboxylic acids is 3. The van der Waals surface area contributed by atoms with Crippen LogP contribution < -0.4 is 16.6 Å². The second-order valence-corrected chi connectivity index (χ2v) is 4.76. The van der Waals surface area contributed by atoms with Crippen LogP contribution in [0.2, 0.25) is 0 Å². The minimum atomic E-state index is -1.10. The molecule has 0 aromatic heterocycles. The number of hydrazine groups is 1. The van der Waals surface area contributed by atoms with E-state index in [4.69, 9.17) is 5.73 Å². The first kappa shape index (κ1) is 16.8. The highest BCUT2D eigenvalue weighted by Gasteiger charge is 2.15. The fourth-order valence-corrected chi connectivity index (χ4v) is 1.83. The Morgan fingerprint density at radius 3 is 2.21 bits per heavy atom. The van der Waals surface area contributed by atoms with Crippen molar-refractivity contribution in [1.82, 2.24) is 10.9 Å². The zero-order valence-corrected chi connectivity index (χ0v) is 12.5. The number of hydrogen-bond acceptors (Lipinski definition) is 5. The average Bonchev–Trinajstić information content (AvgIpc) is 2.60. The Labute approximate surface area is 137 Å². The monoisotopic (exact) mass is 325 g/mol. The van der Waals surface area contributed by atoms with Gasteiger partial charge in [-0.2, -0.15) is 0 Å². The van der Waals surface area contributed by atoms with E-state index in [1.807, 2.05) is 5.43 Å². The third kappa shape index (κ3) is 4.20. The molecule has 0 heterocycles. The lowest BCUT2D eigenvalue weighted by molar-refractivity contribution is -0.135. The van der Waals surface area contributed by atoms with Gasteiger partial charge >= 0.3 is 5.91 Å². The highest BCUT2D eigenvalue weighted by atomic mass is 16.3. The maximum atomic E-state index is 11.9. The highest BCUT2D eigenvalue weighted by Crippen LogP contribution is 2.10. The minimum Gasteiger partial charge on any atom is -0.507 e. The van der Waals surface area contributed by atoms with E-state index in [0.717, 1.165) is 6.08 Å². The number of nitrogen functional groups attached to an aromatic ring is 1. The van der Waals surface area contributed by atoms with Crippen molar-refractivity contribution in [1.29, 1.82) is 0 Å². The summed E-state index contributed by atoms with van der Waals surface area (Å²) in [5.74, 6) is -3.13. The molecule has 7 nitrogen and oxygen atoms in total. The molecule has 0 radical (unpaired) electrons. The van der Waals surface area contributed by atoms with Crippen LogP contribution in [0.25, 0.3) is 5.76 Å². The Morgan fingerprint density at radius 1 is 0.917 bits per heavy atom. The van der Waals surface area contributed by atoms with Crippen LogP contribution in [-0.4, -0.2) is 22.7 Å². The van der Waals surface area contributed by atoms with Crippen LogP contribution in [0.3, 0.4) is 0 Å². The van der Waals surface area contributed by atoms with E-state index < -0.39 is 17.6 Å². The molecule has 0 spiro atoms. The largest absolute Gasteiger partial charge is 0.507 e. The standard InChI is InChI=1S/C17H15N3O4/c18-13-9-5-4-8-12(13)16(23)19-20-17(24)15(22)10-14(21)11-6-2-1-3-7-11/h1-10,21H,18H2,(H,19,23)(H,20,24)/b14-10-. The van der Waals surface area contributed by atoms with Gasteiger partial charge in [-0.1, -0.05) is 42.5 Å². The van der Waals surface area contributed by atoms with Crippen LogP contribution in [0.5, 0.6) is 0 Å². The normalized spacial score (nSPS) is 10.8. The Hall–Kier alpha value is -3.61. The molecule has 0 unspecified atom stereocenters. The van der Waals surface area contributed by atoms with Crippen molar-refractivity contribution >= 4 is 29.0 Å².